The van der Waals surface area contributed by atoms with Gasteiger partial charge in [0.15, 0.2) is 0 Å². The normalized spacial score (nSPS) is 31.9. The molecular weight excluding hydrogens is 236 g/mol. The van der Waals surface area contributed by atoms with Gasteiger partial charge in [0.25, 0.3) is 0 Å². The van der Waals surface area contributed by atoms with E-state index in [0.717, 1.165) is 26.2 Å². The largest absolute Gasteiger partial charge is 0.301 e. The van der Waals surface area contributed by atoms with E-state index in [1.54, 1.807) is 0 Å². The smallest absolute Gasteiger partial charge is 0.0872 e. The Morgan fingerprint density at radius 2 is 2.00 bits per heavy atom. The lowest BCUT2D eigenvalue weighted by Crippen LogP contribution is -2.36. The van der Waals surface area contributed by atoms with E-state index < -0.39 is 0 Å². The number of hydroxylamine groups is 1. The Morgan fingerprint density at radius 1 is 1.32 bits per heavy atom. The van der Waals surface area contributed by atoms with Gasteiger partial charge < -0.3 is 4.90 Å². The van der Waals surface area contributed by atoms with Crippen LogP contribution >= 0.6 is 0 Å². The molecule has 0 aromatic heterocycles. The predicted molar refractivity (Wildman–Crippen MR) is 79.6 cm³/mol. The van der Waals surface area contributed by atoms with E-state index in [-0.39, 0.29) is 5.41 Å². The summed E-state index contributed by atoms with van der Waals surface area (Å²) in [5, 5.41) is 0. The van der Waals surface area contributed by atoms with Gasteiger partial charge in [-0.3, -0.25) is 10.3 Å². The van der Waals surface area contributed by atoms with Crippen molar-refractivity contribution in [3.8, 4) is 0 Å². The third-order valence-electron chi connectivity index (χ3n) is 5.85. The molecule has 110 valence electrons. The van der Waals surface area contributed by atoms with Crippen molar-refractivity contribution in [2.24, 2.45) is 16.7 Å². The van der Waals surface area contributed by atoms with Gasteiger partial charge in [-0.1, -0.05) is 40.7 Å². The summed E-state index contributed by atoms with van der Waals surface area (Å²) in [4.78, 5) is 8.08. The molecular formula is C16H30N2O. The first kappa shape index (κ1) is 14.9. The molecule has 3 nitrogen and oxygen atoms in total. The SMILES string of the molecule is CCN(CC)CCONC1=CC2CCC1(C)C2(C)C. The summed E-state index contributed by atoms with van der Waals surface area (Å²) in [6.07, 6.45) is 5.01. The molecule has 2 atom stereocenters. The zero-order valence-corrected chi connectivity index (χ0v) is 13.3. The molecule has 0 saturated heterocycles. The van der Waals surface area contributed by atoms with Gasteiger partial charge in [0.05, 0.1) is 6.61 Å². The number of hydrogen-bond acceptors (Lipinski definition) is 3. The molecule has 0 amide bonds. The minimum atomic E-state index is 0.271. The van der Waals surface area contributed by atoms with E-state index in [1.165, 1.54) is 18.5 Å². The van der Waals surface area contributed by atoms with Gasteiger partial charge in [-0.25, -0.2) is 0 Å². The van der Waals surface area contributed by atoms with Crippen LogP contribution in [-0.4, -0.2) is 31.1 Å². The first-order valence-corrected chi connectivity index (χ1v) is 7.78. The first-order chi connectivity index (χ1) is 8.95. The van der Waals surface area contributed by atoms with Crippen LogP contribution in [0.3, 0.4) is 0 Å². The van der Waals surface area contributed by atoms with E-state index in [9.17, 15) is 0 Å². The number of hydrogen-bond donors (Lipinski definition) is 1. The van der Waals surface area contributed by atoms with E-state index >= 15 is 0 Å². The molecule has 0 aromatic rings. The van der Waals surface area contributed by atoms with Crippen molar-refractivity contribution < 1.29 is 4.84 Å². The van der Waals surface area contributed by atoms with Crippen molar-refractivity contribution in [3.63, 3.8) is 0 Å². The molecule has 0 heterocycles. The second-order valence-corrected chi connectivity index (χ2v) is 6.76. The maximum atomic E-state index is 5.70. The second-order valence-electron chi connectivity index (χ2n) is 6.76. The maximum absolute atomic E-state index is 5.70. The van der Waals surface area contributed by atoms with Crippen molar-refractivity contribution in [2.45, 2.75) is 47.5 Å². The van der Waals surface area contributed by atoms with Gasteiger partial charge in [0.2, 0.25) is 0 Å². The Hall–Kier alpha value is -0.540. The van der Waals surface area contributed by atoms with Crippen LogP contribution in [0.15, 0.2) is 11.8 Å². The van der Waals surface area contributed by atoms with Crippen molar-refractivity contribution >= 4 is 0 Å². The predicted octanol–water partition coefficient (Wildman–Crippen LogP) is 3.19. The summed E-state index contributed by atoms with van der Waals surface area (Å²) in [6, 6.07) is 0. The van der Waals surface area contributed by atoms with E-state index in [0.29, 0.717) is 11.3 Å². The third-order valence-corrected chi connectivity index (χ3v) is 5.85. The Bertz CT molecular complexity index is 347. The van der Waals surface area contributed by atoms with Crippen molar-refractivity contribution in [1.82, 2.24) is 10.4 Å². The molecule has 0 aromatic carbocycles. The molecule has 3 heteroatoms. The summed E-state index contributed by atoms with van der Waals surface area (Å²) >= 11 is 0. The standard InChI is InChI=1S/C16H30N2O/c1-6-18(7-2)10-11-19-17-14-12-13-8-9-16(14,5)15(13,3)4/h12-13,17H,6-11H2,1-5H3. The maximum Gasteiger partial charge on any atom is 0.0872 e. The third kappa shape index (κ3) is 2.43. The van der Waals surface area contributed by atoms with Crippen LogP contribution in [0.25, 0.3) is 0 Å². The Balaban J connectivity index is 1.81. The molecule has 1 fully saturated rings. The highest BCUT2D eigenvalue weighted by molar-refractivity contribution is 5.29. The number of fused-ring (bicyclic) bond motifs is 2. The second kappa shape index (κ2) is 5.45. The Morgan fingerprint density at radius 3 is 2.47 bits per heavy atom. The average molecular weight is 266 g/mol. The van der Waals surface area contributed by atoms with E-state index in [2.05, 4.69) is 51.1 Å². The molecule has 2 rings (SSSR count). The fraction of sp³-hybridized carbons (Fsp3) is 0.875. The van der Waals surface area contributed by atoms with Crippen molar-refractivity contribution in [2.75, 3.05) is 26.2 Å². The van der Waals surface area contributed by atoms with E-state index in [1.807, 2.05) is 0 Å². The Kier molecular flexibility index (Phi) is 4.26. The van der Waals surface area contributed by atoms with Crippen LogP contribution in [0.5, 0.6) is 0 Å². The van der Waals surface area contributed by atoms with Gasteiger partial charge in [-0.2, -0.15) is 0 Å². The lowest BCUT2D eigenvalue weighted by molar-refractivity contribution is 0.0238. The fourth-order valence-electron chi connectivity index (χ4n) is 3.68. The highest BCUT2D eigenvalue weighted by Gasteiger charge is 2.57. The quantitative estimate of drug-likeness (QED) is 0.566. The van der Waals surface area contributed by atoms with Crippen LogP contribution in [0.1, 0.15) is 47.5 Å². The molecule has 2 aliphatic carbocycles. The fourth-order valence-corrected chi connectivity index (χ4v) is 3.68. The number of likely N-dealkylation sites (N-methyl/N-ethyl adjacent to an activating group) is 1. The molecule has 0 spiro atoms. The average Bonchev–Trinajstić information content (AvgIpc) is 2.72. The van der Waals surface area contributed by atoms with Crippen molar-refractivity contribution in [3.05, 3.63) is 11.8 Å². The summed E-state index contributed by atoms with van der Waals surface area (Å²) in [5.74, 6) is 0.714. The summed E-state index contributed by atoms with van der Waals surface area (Å²) in [5.41, 5.74) is 5.20. The number of rotatable bonds is 7. The molecule has 2 aliphatic rings. The molecule has 2 bridgehead atoms. The lowest BCUT2D eigenvalue weighted by atomic mass is 9.69. The molecule has 1 saturated carbocycles. The topological polar surface area (TPSA) is 24.5 Å². The van der Waals surface area contributed by atoms with Crippen LogP contribution in [0.2, 0.25) is 0 Å². The molecule has 1 N–H and O–H groups in total. The number of nitrogens with one attached hydrogen (secondary N) is 1. The lowest BCUT2D eigenvalue weighted by Gasteiger charge is -2.37. The molecule has 2 unspecified atom stereocenters. The van der Waals surface area contributed by atoms with Crippen LogP contribution in [0, 0.1) is 16.7 Å². The summed E-state index contributed by atoms with van der Waals surface area (Å²) in [6.45, 7) is 15.5. The summed E-state index contributed by atoms with van der Waals surface area (Å²) in [7, 11) is 0. The van der Waals surface area contributed by atoms with Gasteiger partial charge in [0, 0.05) is 17.7 Å². The summed E-state index contributed by atoms with van der Waals surface area (Å²) < 4.78 is 0. The number of nitrogens with zero attached hydrogens (tertiary/aromatic N) is 1. The molecule has 0 aliphatic heterocycles. The van der Waals surface area contributed by atoms with Crippen LogP contribution in [0.4, 0.5) is 0 Å². The van der Waals surface area contributed by atoms with Gasteiger partial charge in [0.1, 0.15) is 0 Å². The minimum Gasteiger partial charge on any atom is -0.301 e. The van der Waals surface area contributed by atoms with Crippen molar-refractivity contribution in [1.29, 1.82) is 0 Å². The molecule has 0 radical (unpaired) electrons. The zero-order valence-electron chi connectivity index (χ0n) is 13.3. The number of allylic oxidation sites excluding steroid dienone is 2. The van der Waals surface area contributed by atoms with Gasteiger partial charge >= 0.3 is 0 Å². The van der Waals surface area contributed by atoms with Crippen LogP contribution in [-0.2, 0) is 4.84 Å². The van der Waals surface area contributed by atoms with Crippen LogP contribution < -0.4 is 5.48 Å². The minimum absolute atomic E-state index is 0.271. The van der Waals surface area contributed by atoms with Gasteiger partial charge in [-0.05, 0) is 37.3 Å². The highest BCUT2D eigenvalue weighted by atomic mass is 16.6. The highest BCUT2D eigenvalue weighted by Crippen LogP contribution is 2.64. The van der Waals surface area contributed by atoms with Gasteiger partial charge in [-0.15, -0.1) is 0 Å². The molecule has 19 heavy (non-hydrogen) atoms. The monoisotopic (exact) mass is 266 g/mol. The zero-order chi connectivity index (χ0) is 14.1. The first-order valence-electron chi connectivity index (χ1n) is 7.78. The van der Waals surface area contributed by atoms with E-state index in [4.69, 9.17) is 4.84 Å². The Labute approximate surface area is 118 Å².